The van der Waals surface area contributed by atoms with Gasteiger partial charge in [-0.25, -0.2) is 0 Å². The molecule has 0 bridgehead atoms. The molecule has 2 nitrogen and oxygen atoms in total. The van der Waals surface area contributed by atoms with E-state index in [1.807, 2.05) is 12.1 Å². The lowest BCUT2D eigenvalue weighted by molar-refractivity contribution is 0.638. The van der Waals surface area contributed by atoms with Gasteiger partial charge in [0.15, 0.2) is 0 Å². The maximum Gasteiger partial charge on any atom is 0.0365 e. The van der Waals surface area contributed by atoms with E-state index in [1.165, 1.54) is 5.69 Å². The highest BCUT2D eigenvalue weighted by Gasteiger charge is 2.01. The number of anilines is 2. The monoisotopic (exact) mass is 178 g/mol. The van der Waals surface area contributed by atoms with E-state index in [2.05, 4.69) is 37.9 Å². The van der Waals surface area contributed by atoms with Gasteiger partial charge in [0.05, 0.1) is 0 Å². The summed E-state index contributed by atoms with van der Waals surface area (Å²) in [4.78, 5) is 2.24. The summed E-state index contributed by atoms with van der Waals surface area (Å²) >= 11 is 0. The van der Waals surface area contributed by atoms with Gasteiger partial charge in [-0.05, 0) is 30.2 Å². The molecule has 0 spiro atoms. The molecule has 0 aliphatic heterocycles. The van der Waals surface area contributed by atoms with Gasteiger partial charge in [0.25, 0.3) is 0 Å². The Morgan fingerprint density at radius 3 is 2.23 bits per heavy atom. The quantitative estimate of drug-likeness (QED) is 0.720. The highest BCUT2D eigenvalue weighted by atomic mass is 15.1. The summed E-state index contributed by atoms with van der Waals surface area (Å²) in [7, 11) is 2.10. The van der Waals surface area contributed by atoms with Crippen LogP contribution < -0.4 is 10.6 Å². The van der Waals surface area contributed by atoms with E-state index >= 15 is 0 Å². The molecule has 0 unspecified atom stereocenters. The molecule has 1 aromatic rings. The second kappa shape index (κ2) is 4.17. The van der Waals surface area contributed by atoms with E-state index in [0.717, 1.165) is 12.2 Å². The first kappa shape index (κ1) is 9.90. The van der Waals surface area contributed by atoms with Crippen LogP contribution in [0.25, 0.3) is 0 Å². The van der Waals surface area contributed by atoms with E-state index in [0.29, 0.717) is 5.92 Å². The summed E-state index contributed by atoms with van der Waals surface area (Å²) in [6.45, 7) is 5.51. The van der Waals surface area contributed by atoms with Gasteiger partial charge in [-0.15, -0.1) is 0 Å². The third-order valence-corrected chi connectivity index (χ3v) is 1.97. The van der Waals surface area contributed by atoms with Crippen LogP contribution in [-0.4, -0.2) is 13.6 Å². The molecule has 0 saturated carbocycles. The second-order valence-electron chi connectivity index (χ2n) is 3.87. The molecular weight excluding hydrogens is 160 g/mol. The van der Waals surface area contributed by atoms with Crippen LogP contribution in [0.4, 0.5) is 11.4 Å². The van der Waals surface area contributed by atoms with Crippen molar-refractivity contribution in [3.63, 3.8) is 0 Å². The number of hydrogen-bond donors (Lipinski definition) is 1. The minimum atomic E-state index is 0.683. The van der Waals surface area contributed by atoms with Crippen LogP contribution in [0, 0.1) is 5.92 Å². The average Bonchev–Trinajstić information content (AvgIpc) is 2.04. The summed E-state index contributed by atoms with van der Waals surface area (Å²) < 4.78 is 0. The fourth-order valence-electron chi connectivity index (χ4n) is 1.38. The second-order valence-corrected chi connectivity index (χ2v) is 3.87. The van der Waals surface area contributed by atoms with Crippen molar-refractivity contribution in [2.75, 3.05) is 24.2 Å². The molecule has 0 aliphatic rings. The standard InChI is InChI=1S/C11H18N2/c1-9(2)8-13(3)11-6-4-10(12)5-7-11/h4-7,9H,8,12H2,1-3H3. The Labute approximate surface area is 80.4 Å². The Kier molecular flexibility index (Phi) is 3.18. The van der Waals surface area contributed by atoms with Crippen LogP contribution in [0.15, 0.2) is 24.3 Å². The molecule has 0 amide bonds. The van der Waals surface area contributed by atoms with E-state index in [9.17, 15) is 0 Å². The molecule has 1 rings (SSSR count). The lowest BCUT2D eigenvalue weighted by Gasteiger charge is -2.21. The number of benzene rings is 1. The number of nitrogens with zero attached hydrogens (tertiary/aromatic N) is 1. The molecule has 0 heterocycles. The normalized spacial score (nSPS) is 10.5. The van der Waals surface area contributed by atoms with Gasteiger partial charge < -0.3 is 10.6 Å². The first-order chi connectivity index (χ1) is 6.09. The Morgan fingerprint density at radius 1 is 1.23 bits per heavy atom. The molecule has 0 fully saturated rings. The fraction of sp³-hybridized carbons (Fsp3) is 0.455. The molecule has 1 aromatic carbocycles. The van der Waals surface area contributed by atoms with E-state index < -0.39 is 0 Å². The van der Waals surface area contributed by atoms with Crippen molar-refractivity contribution in [3.8, 4) is 0 Å². The predicted molar refractivity (Wildman–Crippen MR) is 59.0 cm³/mol. The average molecular weight is 178 g/mol. The van der Waals surface area contributed by atoms with Crippen molar-refractivity contribution in [2.45, 2.75) is 13.8 Å². The Bertz CT molecular complexity index is 251. The van der Waals surface area contributed by atoms with Gasteiger partial charge >= 0.3 is 0 Å². The van der Waals surface area contributed by atoms with Gasteiger partial charge in [-0.3, -0.25) is 0 Å². The van der Waals surface area contributed by atoms with E-state index in [-0.39, 0.29) is 0 Å². The zero-order valence-corrected chi connectivity index (χ0v) is 8.62. The number of nitrogens with two attached hydrogens (primary N) is 1. The Hall–Kier alpha value is -1.18. The fourth-order valence-corrected chi connectivity index (χ4v) is 1.38. The summed E-state index contributed by atoms with van der Waals surface area (Å²) in [6.07, 6.45) is 0. The van der Waals surface area contributed by atoms with Gasteiger partial charge in [-0.1, -0.05) is 13.8 Å². The molecule has 72 valence electrons. The van der Waals surface area contributed by atoms with Crippen LogP contribution in [0.3, 0.4) is 0 Å². The summed E-state index contributed by atoms with van der Waals surface area (Å²) in [5.74, 6) is 0.683. The van der Waals surface area contributed by atoms with Crippen LogP contribution in [0.2, 0.25) is 0 Å². The Morgan fingerprint density at radius 2 is 1.77 bits per heavy atom. The van der Waals surface area contributed by atoms with Crippen LogP contribution in [0.5, 0.6) is 0 Å². The summed E-state index contributed by atoms with van der Waals surface area (Å²) in [6, 6.07) is 7.98. The molecule has 0 aliphatic carbocycles. The predicted octanol–water partition coefficient (Wildman–Crippen LogP) is 2.36. The largest absolute Gasteiger partial charge is 0.399 e. The molecule has 0 saturated heterocycles. The summed E-state index contributed by atoms with van der Waals surface area (Å²) in [5, 5.41) is 0. The zero-order chi connectivity index (χ0) is 9.84. The minimum absolute atomic E-state index is 0.683. The van der Waals surface area contributed by atoms with E-state index in [4.69, 9.17) is 5.73 Å². The Balaban J connectivity index is 2.66. The first-order valence-corrected chi connectivity index (χ1v) is 4.66. The van der Waals surface area contributed by atoms with Crippen LogP contribution in [-0.2, 0) is 0 Å². The van der Waals surface area contributed by atoms with Crippen molar-refractivity contribution in [1.82, 2.24) is 0 Å². The topological polar surface area (TPSA) is 29.3 Å². The van der Waals surface area contributed by atoms with Crippen LogP contribution >= 0.6 is 0 Å². The number of rotatable bonds is 3. The molecule has 0 aromatic heterocycles. The third kappa shape index (κ3) is 2.98. The van der Waals surface area contributed by atoms with Crippen molar-refractivity contribution < 1.29 is 0 Å². The van der Waals surface area contributed by atoms with Crippen molar-refractivity contribution in [2.24, 2.45) is 5.92 Å². The lowest BCUT2D eigenvalue weighted by Crippen LogP contribution is -2.22. The SMILES string of the molecule is CC(C)CN(C)c1ccc(N)cc1. The maximum atomic E-state index is 5.61. The third-order valence-electron chi connectivity index (χ3n) is 1.97. The van der Waals surface area contributed by atoms with E-state index in [1.54, 1.807) is 0 Å². The number of hydrogen-bond acceptors (Lipinski definition) is 2. The van der Waals surface area contributed by atoms with Crippen LogP contribution in [0.1, 0.15) is 13.8 Å². The molecule has 2 heteroatoms. The molecule has 13 heavy (non-hydrogen) atoms. The van der Waals surface area contributed by atoms with Gasteiger partial charge in [0.1, 0.15) is 0 Å². The maximum absolute atomic E-state index is 5.61. The highest BCUT2D eigenvalue weighted by Crippen LogP contribution is 2.15. The number of nitrogen functional groups attached to an aromatic ring is 1. The zero-order valence-electron chi connectivity index (χ0n) is 8.62. The van der Waals surface area contributed by atoms with Crippen molar-refractivity contribution in [1.29, 1.82) is 0 Å². The highest BCUT2D eigenvalue weighted by molar-refractivity contribution is 5.52. The summed E-state index contributed by atoms with van der Waals surface area (Å²) in [5.41, 5.74) is 7.66. The minimum Gasteiger partial charge on any atom is -0.399 e. The lowest BCUT2D eigenvalue weighted by atomic mass is 10.2. The van der Waals surface area contributed by atoms with Crippen molar-refractivity contribution >= 4 is 11.4 Å². The van der Waals surface area contributed by atoms with Crippen molar-refractivity contribution in [3.05, 3.63) is 24.3 Å². The smallest absolute Gasteiger partial charge is 0.0365 e. The molecule has 2 N–H and O–H groups in total. The first-order valence-electron chi connectivity index (χ1n) is 4.66. The van der Waals surface area contributed by atoms with Gasteiger partial charge in [0.2, 0.25) is 0 Å². The molecule has 0 atom stereocenters. The van der Waals surface area contributed by atoms with Gasteiger partial charge in [-0.2, -0.15) is 0 Å². The van der Waals surface area contributed by atoms with Gasteiger partial charge in [0, 0.05) is 25.0 Å². The molecular formula is C11H18N2. The molecule has 0 radical (unpaired) electrons.